The Morgan fingerprint density at radius 1 is 1.16 bits per heavy atom. The second kappa shape index (κ2) is 6.11. The number of halogens is 4. The molecule has 2 aromatic rings. The molecule has 0 aromatic heterocycles. The van der Waals surface area contributed by atoms with Crippen molar-refractivity contribution in [3.8, 4) is 5.75 Å². The SMILES string of the molecule is Oc1c(Br)cc(CNc2cc(Cl)ccc2F)cc1Br. The zero-order valence-corrected chi connectivity index (χ0v) is 13.5. The third kappa shape index (κ3) is 3.61. The minimum atomic E-state index is -0.360. The molecule has 19 heavy (non-hydrogen) atoms. The highest BCUT2D eigenvalue weighted by Gasteiger charge is 2.07. The highest BCUT2D eigenvalue weighted by atomic mass is 79.9. The number of phenolic OH excluding ortho intramolecular Hbond substituents is 1. The summed E-state index contributed by atoms with van der Waals surface area (Å²) < 4.78 is 14.7. The van der Waals surface area contributed by atoms with Gasteiger partial charge in [-0.2, -0.15) is 0 Å². The summed E-state index contributed by atoms with van der Waals surface area (Å²) in [5, 5.41) is 13.0. The summed E-state index contributed by atoms with van der Waals surface area (Å²) in [6.07, 6.45) is 0. The lowest BCUT2D eigenvalue weighted by atomic mass is 10.2. The van der Waals surface area contributed by atoms with E-state index in [0.717, 1.165) is 5.56 Å². The van der Waals surface area contributed by atoms with Gasteiger partial charge < -0.3 is 10.4 Å². The molecule has 0 fully saturated rings. The van der Waals surface area contributed by atoms with Crippen molar-refractivity contribution in [2.75, 3.05) is 5.32 Å². The standard InChI is InChI=1S/C13H9Br2ClFNO/c14-9-3-7(4-10(15)13(9)19)6-18-12-5-8(16)1-2-11(12)17/h1-5,18-19H,6H2. The average Bonchev–Trinajstić information content (AvgIpc) is 2.37. The van der Waals surface area contributed by atoms with Gasteiger partial charge >= 0.3 is 0 Å². The fraction of sp³-hybridized carbons (Fsp3) is 0.0769. The topological polar surface area (TPSA) is 32.3 Å². The Morgan fingerprint density at radius 2 is 1.79 bits per heavy atom. The van der Waals surface area contributed by atoms with Crippen LogP contribution >= 0.6 is 43.5 Å². The van der Waals surface area contributed by atoms with Gasteiger partial charge in [0.1, 0.15) is 11.6 Å². The fourth-order valence-electron chi connectivity index (χ4n) is 1.55. The lowest BCUT2D eigenvalue weighted by Crippen LogP contribution is -2.01. The van der Waals surface area contributed by atoms with E-state index in [-0.39, 0.29) is 11.6 Å². The highest BCUT2D eigenvalue weighted by Crippen LogP contribution is 2.33. The second-order valence-corrected chi connectivity index (χ2v) is 6.03. The first-order valence-electron chi connectivity index (χ1n) is 5.33. The third-order valence-electron chi connectivity index (χ3n) is 2.49. The van der Waals surface area contributed by atoms with Gasteiger partial charge in [0.2, 0.25) is 0 Å². The van der Waals surface area contributed by atoms with Crippen LogP contribution in [-0.4, -0.2) is 5.11 Å². The summed E-state index contributed by atoms with van der Waals surface area (Å²) in [7, 11) is 0. The van der Waals surface area contributed by atoms with Crippen LogP contribution in [0.5, 0.6) is 5.75 Å². The van der Waals surface area contributed by atoms with E-state index in [4.69, 9.17) is 11.6 Å². The van der Waals surface area contributed by atoms with Crippen molar-refractivity contribution in [1.29, 1.82) is 0 Å². The normalized spacial score (nSPS) is 10.5. The van der Waals surface area contributed by atoms with E-state index in [9.17, 15) is 9.50 Å². The van der Waals surface area contributed by atoms with E-state index in [1.54, 1.807) is 12.1 Å². The maximum atomic E-state index is 13.5. The van der Waals surface area contributed by atoms with Gasteiger partial charge in [-0.15, -0.1) is 0 Å². The van der Waals surface area contributed by atoms with Gasteiger partial charge in [-0.3, -0.25) is 0 Å². The fourth-order valence-corrected chi connectivity index (χ4v) is 3.00. The van der Waals surface area contributed by atoms with Crippen LogP contribution in [0.3, 0.4) is 0 Å². The minimum absolute atomic E-state index is 0.137. The molecule has 0 heterocycles. The summed E-state index contributed by atoms with van der Waals surface area (Å²) in [5.41, 5.74) is 1.23. The van der Waals surface area contributed by atoms with Crippen molar-refractivity contribution in [2.45, 2.75) is 6.54 Å². The van der Waals surface area contributed by atoms with Gasteiger partial charge in [0.25, 0.3) is 0 Å². The van der Waals surface area contributed by atoms with E-state index >= 15 is 0 Å². The lowest BCUT2D eigenvalue weighted by molar-refractivity contribution is 0.468. The Bertz CT molecular complexity index is 599. The molecule has 0 radical (unpaired) electrons. The minimum Gasteiger partial charge on any atom is -0.506 e. The molecule has 2 rings (SSSR count). The lowest BCUT2D eigenvalue weighted by Gasteiger charge is -2.10. The molecule has 6 heteroatoms. The zero-order chi connectivity index (χ0) is 14.0. The molecule has 2 aromatic carbocycles. The van der Waals surface area contributed by atoms with Gasteiger partial charge in [0.15, 0.2) is 0 Å². The summed E-state index contributed by atoms with van der Waals surface area (Å²) in [5.74, 6) is -0.223. The van der Waals surface area contributed by atoms with Crippen molar-refractivity contribution in [1.82, 2.24) is 0 Å². The average molecular weight is 409 g/mol. The quantitative estimate of drug-likeness (QED) is 0.719. The largest absolute Gasteiger partial charge is 0.506 e. The summed E-state index contributed by atoms with van der Waals surface area (Å²) >= 11 is 12.3. The molecule has 0 saturated heterocycles. The van der Waals surface area contributed by atoms with Crippen LogP contribution in [0, 0.1) is 5.82 Å². The molecule has 2 nitrogen and oxygen atoms in total. The van der Waals surface area contributed by atoms with Crippen molar-refractivity contribution in [3.05, 3.63) is 55.7 Å². The summed E-state index contributed by atoms with van der Waals surface area (Å²) in [6, 6.07) is 7.86. The first-order chi connectivity index (χ1) is 8.97. The predicted octanol–water partition coefficient (Wildman–Crippen LogP) is 5.32. The van der Waals surface area contributed by atoms with Crippen molar-refractivity contribution in [3.63, 3.8) is 0 Å². The molecule has 0 amide bonds. The van der Waals surface area contributed by atoms with E-state index in [1.807, 2.05) is 0 Å². The van der Waals surface area contributed by atoms with Crippen LogP contribution < -0.4 is 5.32 Å². The molecule has 2 N–H and O–H groups in total. The maximum absolute atomic E-state index is 13.5. The monoisotopic (exact) mass is 407 g/mol. The van der Waals surface area contributed by atoms with Crippen LogP contribution in [0.4, 0.5) is 10.1 Å². The number of nitrogens with one attached hydrogen (secondary N) is 1. The maximum Gasteiger partial charge on any atom is 0.146 e. The predicted molar refractivity (Wildman–Crippen MR) is 82.2 cm³/mol. The molecular weight excluding hydrogens is 400 g/mol. The molecule has 100 valence electrons. The number of phenols is 1. The van der Waals surface area contributed by atoms with E-state index in [2.05, 4.69) is 37.2 Å². The van der Waals surface area contributed by atoms with Crippen LogP contribution in [0.15, 0.2) is 39.3 Å². The van der Waals surface area contributed by atoms with Crippen LogP contribution in [0.25, 0.3) is 0 Å². The molecule has 0 saturated carbocycles. The molecule has 0 aliphatic rings. The number of anilines is 1. The first kappa shape index (κ1) is 14.6. The smallest absolute Gasteiger partial charge is 0.146 e. The number of benzene rings is 2. The molecule has 0 spiro atoms. The summed E-state index contributed by atoms with van der Waals surface area (Å²) in [6.45, 7) is 0.411. The van der Waals surface area contributed by atoms with Gasteiger partial charge in [-0.1, -0.05) is 11.6 Å². The molecule has 0 aliphatic carbocycles. The highest BCUT2D eigenvalue weighted by molar-refractivity contribution is 9.11. The summed E-state index contributed by atoms with van der Waals surface area (Å²) in [4.78, 5) is 0. The molecule has 0 unspecified atom stereocenters. The first-order valence-corrected chi connectivity index (χ1v) is 7.29. The van der Waals surface area contributed by atoms with Crippen molar-refractivity contribution < 1.29 is 9.50 Å². The zero-order valence-electron chi connectivity index (χ0n) is 9.55. The Balaban J connectivity index is 2.17. The van der Waals surface area contributed by atoms with Gasteiger partial charge in [-0.25, -0.2) is 4.39 Å². The Labute approximate surface area is 131 Å². The Morgan fingerprint density at radius 3 is 2.42 bits per heavy atom. The van der Waals surface area contributed by atoms with Gasteiger partial charge in [0.05, 0.1) is 14.6 Å². The Hall–Kier alpha value is -0.780. The van der Waals surface area contributed by atoms with Crippen LogP contribution in [0.2, 0.25) is 5.02 Å². The number of hydrogen-bond donors (Lipinski definition) is 2. The second-order valence-electron chi connectivity index (χ2n) is 3.89. The van der Waals surface area contributed by atoms with E-state index < -0.39 is 0 Å². The number of rotatable bonds is 3. The number of aromatic hydroxyl groups is 1. The molecule has 0 atom stereocenters. The van der Waals surface area contributed by atoms with Gasteiger partial charge in [0, 0.05) is 11.6 Å². The van der Waals surface area contributed by atoms with Crippen LogP contribution in [0.1, 0.15) is 5.56 Å². The third-order valence-corrected chi connectivity index (χ3v) is 3.93. The molecule has 0 aliphatic heterocycles. The molecule has 0 bridgehead atoms. The number of hydrogen-bond acceptors (Lipinski definition) is 2. The van der Waals surface area contributed by atoms with E-state index in [1.165, 1.54) is 18.2 Å². The van der Waals surface area contributed by atoms with E-state index in [0.29, 0.717) is 26.2 Å². The van der Waals surface area contributed by atoms with Crippen molar-refractivity contribution >= 4 is 49.1 Å². The Kier molecular flexibility index (Phi) is 4.71. The van der Waals surface area contributed by atoms with Crippen molar-refractivity contribution in [2.24, 2.45) is 0 Å². The molecular formula is C13H9Br2ClFNO. The van der Waals surface area contributed by atoms with Gasteiger partial charge in [-0.05, 0) is 67.8 Å². The van der Waals surface area contributed by atoms with Crippen LogP contribution in [-0.2, 0) is 6.54 Å².